The number of hydrogen-bond donors (Lipinski definition) is 1. The fourth-order valence-corrected chi connectivity index (χ4v) is 1.11. The van der Waals surface area contributed by atoms with Crippen LogP contribution in [0.4, 0.5) is 4.79 Å². The van der Waals surface area contributed by atoms with Crippen molar-refractivity contribution in [1.82, 2.24) is 5.32 Å². The van der Waals surface area contributed by atoms with Crippen molar-refractivity contribution < 1.29 is 33.4 Å². The number of hydrogen-bond acceptors (Lipinski definition) is 6. The lowest BCUT2D eigenvalue weighted by Gasteiger charge is -2.22. The first-order chi connectivity index (χ1) is 9.69. The Kier molecular flexibility index (Phi) is 7.70. The molecule has 0 aromatic carbocycles. The third-order valence-electron chi connectivity index (χ3n) is 1.82. The molecule has 0 bridgehead atoms. The Labute approximate surface area is 122 Å². The van der Waals surface area contributed by atoms with Crippen molar-refractivity contribution >= 4 is 24.2 Å². The van der Waals surface area contributed by atoms with Crippen LogP contribution >= 0.6 is 0 Å². The van der Waals surface area contributed by atoms with E-state index >= 15 is 0 Å². The summed E-state index contributed by atoms with van der Waals surface area (Å²) in [6.07, 6.45) is -0.345. The van der Waals surface area contributed by atoms with Crippen LogP contribution in [0, 0.1) is 0 Å². The van der Waals surface area contributed by atoms with E-state index in [1.807, 2.05) is 0 Å². The first-order valence-corrected chi connectivity index (χ1v) is 6.20. The van der Waals surface area contributed by atoms with Gasteiger partial charge in [0.15, 0.2) is 6.04 Å². The van der Waals surface area contributed by atoms with Gasteiger partial charge in [-0.1, -0.05) is 0 Å². The molecule has 0 saturated carbocycles. The van der Waals surface area contributed by atoms with E-state index in [4.69, 9.17) is 15.0 Å². The highest BCUT2D eigenvalue weighted by Gasteiger charge is 2.27. The maximum atomic E-state index is 11.6. The molecule has 118 valence electrons. The molecule has 9 heteroatoms. The number of ether oxygens (including phenoxy) is 3. The summed E-state index contributed by atoms with van der Waals surface area (Å²) in [7, 11) is 0. The molecule has 9 nitrogen and oxygen atoms in total. The van der Waals surface area contributed by atoms with Gasteiger partial charge in [0.05, 0.1) is 6.61 Å². The highest BCUT2D eigenvalue weighted by Crippen LogP contribution is 2.07. The summed E-state index contributed by atoms with van der Waals surface area (Å²) < 4.78 is 14.4. The fraction of sp³-hybridized carbons (Fsp3) is 0.667. The summed E-state index contributed by atoms with van der Waals surface area (Å²) in [4.78, 5) is 36.7. The molecular weight excluding hydrogens is 282 g/mol. The topological polar surface area (TPSA) is 127 Å². The Hall–Kier alpha value is -2.41. The number of esters is 2. The number of carbonyl (C=O) groups excluding carboxylic acids is 3. The standard InChI is InChI=1S/C12H19N3O6/c1-5-19-10(17)8(7-20-9(16)6-14-13)15-11(18)21-12(2,3)4/h6,8H,5,7H2,1-4H3,(H,15,18)/t8-/m0/s1. The summed E-state index contributed by atoms with van der Waals surface area (Å²) in [6, 6.07) is -1.23. The van der Waals surface area contributed by atoms with E-state index in [1.54, 1.807) is 27.7 Å². The van der Waals surface area contributed by atoms with Gasteiger partial charge in [-0.3, -0.25) is 0 Å². The van der Waals surface area contributed by atoms with E-state index in [1.165, 1.54) is 0 Å². The van der Waals surface area contributed by atoms with Crippen molar-refractivity contribution in [3.63, 3.8) is 0 Å². The van der Waals surface area contributed by atoms with Crippen molar-refractivity contribution in [3.05, 3.63) is 5.53 Å². The van der Waals surface area contributed by atoms with Gasteiger partial charge in [-0.2, -0.15) is 4.79 Å². The first-order valence-electron chi connectivity index (χ1n) is 6.20. The molecule has 0 heterocycles. The number of rotatable bonds is 6. The van der Waals surface area contributed by atoms with Crippen LogP contribution in [0.25, 0.3) is 5.53 Å². The molecule has 0 aliphatic carbocycles. The lowest BCUT2D eigenvalue weighted by Crippen LogP contribution is -2.47. The van der Waals surface area contributed by atoms with Crippen molar-refractivity contribution in [2.75, 3.05) is 13.2 Å². The molecule has 0 radical (unpaired) electrons. The molecule has 0 spiro atoms. The second kappa shape index (κ2) is 8.70. The van der Waals surface area contributed by atoms with Crippen LogP contribution < -0.4 is 5.32 Å². The van der Waals surface area contributed by atoms with Gasteiger partial charge in [-0.05, 0) is 27.7 Å². The molecule has 0 aromatic rings. The molecular formula is C12H19N3O6. The lowest BCUT2D eigenvalue weighted by atomic mass is 10.2. The van der Waals surface area contributed by atoms with Crippen molar-refractivity contribution in [2.24, 2.45) is 0 Å². The van der Waals surface area contributed by atoms with E-state index in [-0.39, 0.29) is 6.61 Å². The van der Waals surface area contributed by atoms with E-state index in [0.717, 1.165) is 0 Å². The van der Waals surface area contributed by atoms with Gasteiger partial charge in [0.1, 0.15) is 12.2 Å². The van der Waals surface area contributed by atoms with Crippen molar-refractivity contribution in [1.29, 1.82) is 0 Å². The van der Waals surface area contributed by atoms with Gasteiger partial charge in [-0.15, -0.1) is 0 Å². The van der Waals surface area contributed by atoms with E-state index in [2.05, 4.69) is 14.8 Å². The van der Waals surface area contributed by atoms with Crippen LogP contribution in [-0.2, 0) is 23.8 Å². The van der Waals surface area contributed by atoms with Gasteiger partial charge in [0.25, 0.3) is 0 Å². The van der Waals surface area contributed by atoms with Gasteiger partial charge in [0.2, 0.25) is 0 Å². The Bertz CT molecular complexity index is 437. The Morgan fingerprint density at radius 3 is 2.38 bits per heavy atom. The first kappa shape index (κ1) is 18.6. The SMILES string of the molecule is CCOC(=O)[C@H](COC(=O)C=[N+]=[N-])NC(=O)OC(C)(C)C. The van der Waals surface area contributed by atoms with Gasteiger partial charge < -0.3 is 25.1 Å². The molecule has 1 N–H and O–H groups in total. The molecule has 21 heavy (non-hydrogen) atoms. The van der Waals surface area contributed by atoms with Crippen LogP contribution in [0.15, 0.2) is 0 Å². The fourth-order valence-electron chi connectivity index (χ4n) is 1.11. The second-order valence-electron chi connectivity index (χ2n) is 4.83. The molecule has 1 amide bonds. The average Bonchev–Trinajstić information content (AvgIpc) is 2.32. The Morgan fingerprint density at radius 1 is 1.29 bits per heavy atom. The number of nitrogens with one attached hydrogen (secondary N) is 1. The normalized spacial score (nSPS) is 11.6. The van der Waals surface area contributed by atoms with Crippen LogP contribution in [0.3, 0.4) is 0 Å². The molecule has 1 atom stereocenters. The monoisotopic (exact) mass is 301 g/mol. The minimum absolute atomic E-state index is 0.0946. The van der Waals surface area contributed by atoms with Crippen molar-refractivity contribution in [2.45, 2.75) is 39.3 Å². The summed E-state index contributed by atoms with van der Waals surface area (Å²) in [5, 5.41) is 2.24. The van der Waals surface area contributed by atoms with Gasteiger partial charge >= 0.3 is 24.2 Å². The number of nitrogens with zero attached hydrogens (tertiary/aromatic N) is 2. The summed E-state index contributed by atoms with van der Waals surface area (Å²) in [5.74, 6) is -1.75. The molecule has 0 unspecified atom stereocenters. The molecule has 0 fully saturated rings. The highest BCUT2D eigenvalue weighted by molar-refractivity contribution is 6.20. The quantitative estimate of drug-likeness (QED) is 0.247. The molecule has 0 rings (SSSR count). The third kappa shape index (κ3) is 9.17. The van der Waals surface area contributed by atoms with Gasteiger partial charge in [0, 0.05) is 0 Å². The minimum atomic E-state index is -1.23. The van der Waals surface area contributed by atoms with E-state index in [0.29, 0.717) is 6.21 Å². The van der Waals surface area contributed by atoms with Gasteiger partial charge in [-0.25, -0.2) is 14.4 Å². The Morgan fingerprint density at radius 2 is 1.90 bits per heavy atom. The molecule has 0 aromatic heterocycles. The number of alkyl carbamates (subject to hydrolysis) is 1. The van der Waals surface area contributed by atoms with Crippen LogP contribution in [0.2, 0.25) is 0 Å². The number of carbonyl (C=O) groups is 3. The maximum absolute atomic E-state index is 11.6. The van der Waals surface area contributed by atoms with Crippen LogP contribution in [0.5, 0.6) is 0 Å². The molecule has 0 aliphatic rings. The third-order valence-corrected chi connectivity index (χ3v) is 1.82. The largest absolute Gasteiger partial charge is 0.464 e. The van der Waals surface area contributed by atoms with Crippen LogP contribution in [0.1, 0.15) is 27.7 Å². The second-order valence-corrected chi connectivity index (χ2v) is 4.83. The predicted octanol–water partition coefficient (Wildman–Crippen LogP) is 0.287. The van der Waals surface area contributed by atoms with Crippen LogP contribution in [-0.4, -0.2) is 53.9 Å². The summed E-state index contributed by atoms with van der Waals surface area (Å²) in [5.41, 5.74) is 7.41. The predicted molar refractivity (Wildman–Crippen MR) is 70.4 cm³/mol. The molecule has 0 aliphatic heterocycles. The van der Waals surface area contributed by atoms with Crippen molar-refractivity contribution in [3.8, 4) is 0 Å². The highest BCUT2D eigenvalue weighted by atomic mass is 16.6. The maximum Gasteiger partial charge on any atom is 0.413 e. The smallest absolute Gasteiger partial charge is 0.413 e. The Balaban J connectivity index is 4.66. The zero-order valence-electron chi connectivity index (χ0n) is 12.4. The lowest BCUT2D eigenvalue weighted by molar-refractivity contribution is -0.150. The minimum Gasteiger partial charge on any atom is -0.464 e. The average molecular weight is 301 g/mol. The zero-order valence-corrected chi connectivity index (χ0v) is 12.4. The number of amides is 1. The summed E-state index contributed by atoms with van der Waals surface area (Å²) in [6.45, 7) is 6.17. The summed E-state index contributed by atoms with van der Waals surface area (Å²) >= 11 is 0. The van der Waals surface area contributed by atoms with E-state index < -0.39 is 36.3 Å². The zero-order chi connectivity index (χ0) is 16.5. The van der Waals surface area contributed by atoms with E-state index in [9.17, 15) is 14.4 Å². The molecule has 0 saturated heterocycles.